The molecule has 0 aliphatic carbocycles. The molecule has 2 atom stereocenters. The Kier molecular flexibility index (Phi) is 8.71. The number of hydrogen-bond donors (Lipinski definition) is 5. The first-order valence-electron chi connectivity index (χ1n) is 13.0. The zero-order chi connectivity index (χ0) is 28.1. The number of aliphatic imine (C=N–C) groups is 1. The molecule has 5 N–H and O–H groups in total. The van der Waals surface area contributed by atoms with Crippen LogP contribution in [0.15, 0.2) is 68.9 Å². The van der Waals surface area contributed by atoms with E-state index in [0.717, 1.165) is 28.6 Å². The maximum absolute atomic E-state index is 13.6. The number of guanidine groups is 1. The normalized spacial score (nSPS) is 16.4. The number of amides is 1. The van der Waals surface area contributed by atoms with Crippen LogP contribution in [0.5, 0.6) is 0 Å². The molecule has 10 heteroatoms. The Morgan fingerprint density at radius 1 is 1.26 bits per heavy atom. The fraction of sp³-hybridized carbons (Fsp3) is 0.310. The van der Waals surface area contributed by atoms with Gasteiger partial charge in [-0.15, -0.1) is 0 Å². The second-order valence-electron chi connectivity index (χ2n) is 9.37. The van der Waals surface area contributed by atoms with Gasteiger partial charge < -0.3 is 25.8 Å². The SMILES string of the molecule is CCN/C=C(\C=N)C(C)NC(=O)C1=C(C)NC(Nc2nc3cccc(CC)c3o2)=NC1c1ccc(C)cc1Cl. The number of aryl methyl sites for hydroxylation is 2. The molecule has 1 aliphatic heterocycles. The molecule has 2 aromatic carbocycles. The molecule has 0 radical (unpaired) electrons. The Bertz CT molecular complexity index is 1490. The summed E-state index contributed by atoms with van der Waals surface area (Å²) >= 11 is 6.67. The van der Waals surface area contributed by atoms with Gasteiger partial charge in [-0.1, -0.05) is 42.8 Å². The van der Waals surface area contributed by atoms with Crippen molar-refractivity contribution < 1.29 is 9.21 Å². The number of allylic oxidation sites excluding steroid dienone is 1. The lowest BCUT2D eigenvalue weighted by Crippen LogP contribution is -2.42. The van der Waals surface area contributed by atoms with Crippen LogP contribution in [0.3, 0.4) is 0 Å². The van der Waals surface area contributed by atoms with E-state index in [-0.39, 0.29) is 5.91 Å². The highest BCUT2D eigenvalue weighted by Crippen LogP contribution is 2.36. The number of carbonyl (C=O) groups excluding carboxylic acids is 1. The first-order valence-corrected chi connectivity index (χ1v) is 13.3. The van der Waals surface area contributed by atoms with Gasteiger partial charge in [0.2, 0.25) is 5.96 Å². The third kappa shape index (κ3) is 6.15. The van der Waals surface area contributed by atoms with Crippen molar-refractivity contribution in [2.45, 2.75) is 53.1 Å². The van der Waals surface area contributed by atoms with Crippen molar-refractivity contribution in [3.63, 3.8) is 0 Å². The van der Waals surface area contributed by atoms with Gasteiger partial charge in [0.25, 0.3) is 5.91 Å². The zero-order valence-electron chi connectivity index (χ0n) is 22.8. The van der Waals surface area contributed by atoms with Crippen molar-refractivity contribution in [3.05, 3.63) is 81.2 Å². The predicted molar refractivity (Wildman–Crippen MR) is 157 cm³/mol. The molecule has 1 amide bonds. The van der Waals surface area contributed by atoms with Gasteiger partial charge in [0.1, 0.15) is 11.6 Å². The minimum Gasteiger partial charge on any atom is -0.423 e. The van der Waals surface area contributed by atoms with Crippen molar-refractivity contribution in [1.29, 1.82) is 5.41 Å². The van der Waals surface area contributed by atoms with Crippen molar-refractivity contribution in [2.75, 3.05) is 11.9 Å². The lowest BCUT2D eigenvalue weighted by atomic mass is 9.94. The minimum atomic E-state index is -0.689. The number of rotatable bonds is 9. The minimum absolute atomic E-state index is 0.296. The molecule has 0 spiro atoms. The van der Waals surface area contributed by atoms with Gasteiger partial charge in [-0.25, -0.2) is 4.99 Å². The number of anilines is 1. The first-order chi connectivity index (χ1) is 18.7. The van der Waals surface area contributed by atoms with Crippen molar-refractivity contribution in [1.82, 2.24) is 20.9 Å². The Morgan fingerprint density at radius 2 is 2.05 bits per heavy atom. The van der Waals surface area contributed by atoms with Gasteiger partial charge in [0, 0.05) is 40.8 Å². The molecule has 4 rings (SSSR count). The number of oxazole rings is 1. The molecule has 0 saturated carbocycles. The van der Waals surface area contributed by atoms with Crippen LogP contribution in [0.1, 0.15) is 50.4 Å². The molecular formula is C29H34ClN7O2. The summed E-state index contributed by atoms with van der Waals surface area (Å²) in [5, 5.41) is 20.7. The van der Waals surface area contributed by atoms with E-state index in [1.807, 2.05) is 64.1 Å². The molecule has 0 saturated heterocycles. The molecule has 2 heterocycles. The Labute approximate surface area is 233 Å². The first kappa shape index (κ1) is 27.9. The second kappa shape index (κ2) is 12.2. The Hall–Kier alpha value is -4.11. The highest BCUT2D eigenvalue weighted by Gasteiger charge is 2.32. The number of hydrogen-bond acceptors (Lipinski definition) is 8. The van der Waals surface area contributed by atoms with Gasteiger partial charge in [-0.05, 0) is 57.4 Å². The lowest BCUT2D eigenvalue weighted by Gasteiger charge is -2.28. The number of benzene rings is 2. The maximum atomic E-state index is 13.6. The van der Waals surface area contributed by atoms with Crippen LogP contribution in [0.2, 0.25) is 5.02 Å². The molecule has 3 aromatic rings. The van der Waals surface area contributed by atoms with Gasteiger partial charge in [-0.2, -0.15) is 4.98 Å². The van der Waals surface area contributed by atoms with Crippen LogP contribution >= 0.6 is 11.6 Å². The zero-order valence-corrected chi connectivity index (χ0v) is 23.5. The number of para-hydroxylation sites is 1. The number of halogens is 1. The molecular weight excluding hydrogens is 514 g/mol. The maximum Gasteiger partial charge on any atom is 0.302 e. The van der Waals surface area contributed by atoms with E-state index in [1.54, 1.807) is 6.20 Å². The number of aromatic nitrogens is 1. The third-order valence-electron chi connectivity index (χ3n) is 6.53. The van der Waals surface area contributed by atoms with Gasteiger partial charge in [-0.3, -0.25) is 10.1 Å². The van der Waals surface area contributed by atoms with Crippen LogP contribution in [0.4, 0.5) is 6.01 Å². The largest absolute Gasteiger partial charge is 0.423 e. The molecule has 0 fully saturated rings. The number of fused-ring (bicyclic) bond motifs is 1. The van der Waals surface area contributed by atoms with E-state index < -0.39 is 12.1 Å². The highest BCUT2D eigenvalue weighted by atomic mass is 35.5. The molecule has 9 nitrogen and oxygen atoms in total. The monoisotopic (exact) mass is 547 g/mol. The molecule has 1 aliphatic rings. The van der Waals surface area contributed by atoms with Crippen molar-refractivity contribution in [2.24, 2.45) is 4.99 Å². The third-order valence-corrected chi connectivity index (χ3v) is 6.85. The van der Waals surface area contributed by atoms with Gasteiger partial charge in [0.15, 0.2) is 5.58 Å². The highest BCUT2D eigenvalue weighted by molar-refractivity contribution is 6.31. The Morgan fingerprint density at radius 3 is 2.74 bits per heavy atom. The summed E-state index contributed by atoms with van der Waals surface area (Å²) in [4.78, 5) is 23.0. The van der Waals surface area contributed by atoms with E-state index >= 15 is 0 Å². The summed E-state index contributed by atoms with van der Waals surface area (Å²) in [6, 6.07) is 10.8. The van der Waals surface area contributed by atoms with E-state index in [1.165, 1.54) is 6.21 Å². The van der Waals surface area contributed by atoms with E-state index in [4.69, 9.17) is 26.4 Å². The average molecular weight is 548 g/mol. The van der Waals surface area contributed by atoms with Crippen LogP contribution in [-0.2, 0) is 11.2 Å². The second-order valence-corrected chi connectivity index (χ2v) is 9.78. The van der Waals surface area contributed by atoms with Gasteiger partial charge >= 0.3 is 6.01 Å². The lowest BCUT2D eigenvalue weighted by molar-refractivity contribution is -0.118. The number of nitrogens with one attached hydrogen (secondary N) is 5. The topological polar surface area (TPSA) is 127 Å². The van der Waals surface area contributed by atoms with Crippen molar-refractivity contribution in [3.8, 4) is 0 Å². The number of nitrogens with zero attached hydrogens (tertiary/aromatic N) is 2. The number of carbonyl (C=O) groups is 1. The van der Waals surface area contributed by atoms with E-state index in [9.17, 15) is 4.79 Å². The summed E-state index contributed by atoms with van der Waals surface area (Å²) in [5.74, 6) is 0.0752. The van der Waals surface area contributed by atoms with Crippen LogP contribution < -0.4 is 21.3 Å². The molecule has 39 heavy (non-hydrogen) atoms. The fourth-order valence-corrected chi connectivity index (χ4v) is 4.76. The molecule has 1 aromatic heterocycles. The van der Waals surface area contributed by atoms with Crippen LogP contribution in [0, 0.1) is 12.3 Å². The van der Waals surface area contributed by atoms with Gasteiger partial charge in [0.05, 0.1) is 11.6 Å². The van der Waals surface area contributed by atoms with E-state index in [0.29, 0.717) is 45.9 Å². The fourth-order valence-electron chi connectivity index (χ4n) is 4.42. The Balaban J connectivity index is 1.68. The van der Waals surface area contributed by atoms with E-state index in [2.05, 4.69) is 33.2 Å². The van der Waals surface area contributed by atoms with Crippen LogP contribution in [0.25, 0.3) is 11.1 Å². The molecule has 0 bridgehead atoms. The summed E-state index contributed by atoms with van der Waals surface area (Å²) < 4.78 is 6.01. The summed E-state index contributed by atoms with van der Waals surface area (Å²) in [6.45, 7) is 10.4. The average Bonchev–Trinajstić information content (AvgIpc) is 3.31. The summed E-state index contributed by atoms with van der Waals surface area (Å²) in [5.41, 5.74) is 5.92. The summed E-state index contributed by atoms with van der Waals surface area (Å²) in [6.07, 6.45) is 3.78. The molecule has 204 valence electrons. The molecule has 2 unspecified atom stereocenters. The van der Waals surface area contributed by atoms with Crippen LogP contribution in [-0.4, -0.2) is 35.7 Å². The standard InChI is InChI=1S/C29H34ClN7O2/c1-6-19-9-8-10-23-26(19)39-29(35-23)37-28-34-18(5)24(25(36-28)21-12-11-16(3)13-22(21)30)27(38)33-17(4)20(14-31)15-32-7-2/h8-15,17,25,31-32H,6-7H2,1-5H3,(H,33,38)(H2,34,35,36,37)/b20-15+,31-14?. The predicted octanol–water partition coefficient (Wildman–Crippen LogP) is 5.39. The van der Waals surface area contributed by atoms with Crippen molar-refractivity contribution >= 4 is 46.8 Å². The smallest absolute Gasteiger partial charge is 0.302 e. The quantitative estimate of drug-likeness (QED) is 0.229. The summed E-state index contributed by atoms with van der Waals surface area (Å²) in [7, 11) is 0.